The van der Waals surface area contributed by atoms with Crippen molar-refractivity contribution in [1.82, 2.24) is 4.90 Å². The molecule has 1 unspecified atom stereocenters. The molecule has 5 fully saturated rings. The molecule has 2 aliphatic heterocycles. The zero-order valence-corrected chi connectivity index (χ0v) is 13.7. The molecule has 0 bridgehead atoms. The second-order valence-electron chi connectivity index (χ2n) is 9.08. The molecule has 0 aromatic rings. The standard InChI is InChI=1S/C20H33N/c1-3-10-18-14(6-1)12-16-8-5-9-17-13-15-7-2-4-11-19(15)21(18)20(16)17/h14-20H,1-13H2/t14-,15-,16-,17-,18-,19+,20?/m0/s1. The summed E-state index contributed by atoms with van der Waals surface area (Å²) in [6.07, 6.45) is 20.2. The van der Waals surface area contributed by atoms with E-state index in [1.165, 1.54) is 25.7 Å². The van der Waals surface area contributed by atoms with Crippen molar-refractivity contribution in [1.29, 1.82) is 0 Å². The van der Waals surface area contributed by atoms with Crippen LogP contribution in [0.25, 0.3) is 0 Å². The van der Waals surface area contributed by atoms with Crippen LogP contribution in [0.2, 0.25) is 0 Å². The van der Waals surface area contributed by atoms with E-state index in [2.05, 4.69) is 4.90 Å². The van der Waals surface area contributed by atoms with Gasteiger partial charge in [-0.3, -0.25) is 4.90 Å². The van der Waals surface area contributed by atoms with Gasteiger partial charge in [-0.15, -0.1) is 0 Å². The molecule has 0 amide bonds. The minimum Gasteiger partial charge on any atom is -0.293 e. The Bertz CT molecular complexity index is 357. The van der Waals surface area contributed by atoms with Gasteiger partial charge in [0.1, 0.15) is 0 Å². The lowest BCUT2D eigenvalue weighted by Crippen LogP contribution is -2.67. The molecule has 2 heterocycles. The maximum absolute atomic E-state index is 3.22. The molecule has 0 spiro atoms. The van der Waals surface area contributed by atoms with Crippen LogP contribution in [0.4, 0.5) is 0 Å². The Morgan fingerprint density at radius 3 is 1.52 bits per heavy atom. The third-order valence-corrected chi connectivity index (χ3v) is 8.17. The molecular weight excluding hydrogens is 254 g/mol. The molecule has 0 radical (unpaired) electrons. The van der Waals surface area contributed by atoms with Crippen molar-refractivity contribution in [2.75, 3.05) is 0 Å². The van der Waals surface area contributed by atoms with Crippen LogP contribution in [-0.2, 0) is 0 Å². The molecule has 2 saturated heterocycles. The molecule has 1 nitrogen and oxygen atoms in total. The fourth-order valence-electron chi connectivity index (χ4n) is 7.55. The lowest BCUT2D eigenvalue weighted by molar-refractivity contribution is -0.140. The third kappa shape index (κ3) is 2.06. The molecule has 0 aromatic carbocycles. The van der Waals surface area contributed by atoms with Crippen molar-refractivity contribution in [2.24, 2.45) is 23.7 Å². The number of nitrogens with zero attached hydrogens (tertiary/aromatic N) is 1. The van der Waals surface area contributed by atoms with Crippen molar-refractivity contribution in [3.8, 4) is 0 Å². The van der Waals surface area contributed by atoms with Gasteiger partial charge in [0.15, 0.2) is 0 Å². The number of piperidine rings is 2. The average molecular weight is 287 g/mol. The Kier molecular flexibility index (Phi) is 3.35. The normalized spacial score (nSPS) is 53.4. The van der Waals surface area contributed by atoms with Gasteiger partial charge in [-0.05, 0) is 75.0 Å². The Labute approximate surface area is 130 Å². The monoisotopic (exact) mass is 287 g/mol. The summed E-state index contributed by atoms with van der Waals surface area (Å²) in [7, 11) is 0. The van der Waals surface area contributed by atoms with Crippen LogP contribution < -0.4 is 0 Å². The fraction of sp³-hybridized carbons (Fsp3) is 1.00. The van der Waals surface area contributed by atoms with E-state index < -0.39 is 0 Å². The van der Waals surface area contributed by atoms with Gasteiger partial charge in [0.2, 0.25) is 0 Å². The van der Waals surface area contributed by atoms with Crippen LogP contribution in [0, 0.1) is 23.7 Å². The minimum absolute atomic E-state index is 1.01. The van der Waals surface area contributed by atoms with Crippen molar-refractivity contribution < 1.29 is 0 Å². The van der Waals surface area contributed by atoms with E-state index >= 15 is 0 Å². The zero-order chi connectivity index (χ0) is 13.8. The van der Waals surface area contributed by atoms with Gasteiger partial charge >= 0.3 is 0 Å². The van der Waals surface area contributed by atoms with Gasteiger partial charge in [-0.1, -0.05) is 32.1 Å². The van der Waals surface area contributed by atoms with Crippen molar-refractivity contribution >= 4 is 0 Å². The molecular formula is C20H33N. The summed E-state index contributed by atoms with van der Waals surface area (Å²) >= 11 is 0. The van der Waals surface area contributed by atoms with Gasteiger partial charge in [0.05, 0.1) is 0 Å². The van der Waals surface area contributed by atoms with Crippen molar-refractivity contribution in [3.05, 3.63) is 0 Å². The summed E-state index contributed by atoms with van der Waals surface area (Å²) in [6.45, 7) is 0. The van der Waals surface area contributed by atoms with Gasteiger partial charge in [0.25, 0.3) is 0 Å². The highest BCUT2D eigenvalue weighted by molar-refractivity contribution is 5.07. The van der Waals surface area contributed by atoms with E-state index in [0.717, 1.165) is 41.8 Å². The van der Waals surface area contributed by atoms with E-state index in [4.69, 9.17) is 0 Å². The first-order valence-corrected chi connectivity index (χ1v) is 10.2. The highest BCUT2D eigenvalue weighted by Crippen LogP contribution is 2.54. The van der Waals surface area contributed by atoms with Gasteiger partial charge in [-0.25, -0.2) is 0 Å². The summed E-state index contributed by atoms with van der Waals surface area (Å²) in [5.74, 6) is 4.34. The largest absolute Gasteiger partial charge is 0.293 e. The van der Waals surface area contributed by atoms with E-state index in [1.807, 2.05) is 0 Å². The molecule has 5 aliphatic rings. The smallest absolute Gasteiger partial charge is 0.0158 e. The number of hydrogen-bond acceptors (Lipinski definition) is 1. The summed E-state index contributed by atoms with van der Waals surface area (Å²) < 4.78 is 0. The molecule has 1 heteroatoms. The van der Waals surface area contributed by atoms with E-state index in [1.54, 1.807) is 57.8 Å². The third-order valence-electron chi connectivity index (χ3n) is 8.17. The predicted octanol–water partition coefficient (Wildman–Crippen LogP) is 5.00. The van der Waals surface area contributed by atoms with E-state index in [0.29, 0.717) is 0 Å². The number of hydrogen-bond donors (Lipinski definition) is 0. The summed E-state index contributed by atoms with van der Waals surface area (Å²) in [5, 5.41) is 0. The molecule has 5 rings (SSSR count). The molecule has 21 heavy (non-hydrogen) atoms. The van der Waals surface area contributed by atoms with Gasteiger partial charge < -0.3 is 0 Å². The molecule has 0 aromatic heterocycles. The first-order valence-electron chi connectivity index (χ1n) is 10.2. The second-order valence-corrected chi connectivity index (χ2v) is 9.08. The Morgan fingerprint density at radius 1 is 0.476 bits per heavy atom. The Morgan fingerprint density at radius 2 is 0.952 bits per heavy atom. The predicted molar refractivity (Wildman–Crippen MR) is 87.2 cm³/mol. The maximum atomic E-state index is 3.22. The second kappa shape index (κ2) is 5.25. The zero-order valence-electron chi connectivity index (χ0n) is 13.7. The quantitative estimate of drug-likeness (QED) is 0.606. The van der Waals surface area contributed by atoms with Crippen LogP contribution in [0.15, 0.2) is 0 Å². The van der Waals surface area contributed by atoms with Crippen LogP contribution in [-0.4, -0.2) is 23.0 Å². The maximum Gasteiger partial charge on any atom is 0.0158 e. The first kappa shape index (κ1) is 13.4. The summed E-state index contributed by atoms with van der Waals surface area (Å²) in [4.78, 5) is 3.22. The van der Waals surface area contributed by atoms with Gasteiger partial charge in [-0.2, -0.15) is 0 Å². The SMILES string of the molecule is C1C[C@H]2C[C@@H]3CCCC[C@H]3N3C2[C@@H](C1)C[C@@H]1CCCC[C@@H]13. The lowest BCUT2D eigenvalue weighted by atomic mass is 9.58. The van der Waals surface area contributed by atoms with E-state index in [-0.39, 0.29) is 0 Å². The fourth-order valence-corrected chi connectivity index (χ4v) is 7.55. The Hall–Kier alpha value is -0.0400. The van der Waals surface area contributed by atoms with Crippen molar-refractivity contribution in [3.63, 3.8) is 0 Å². The molecule has 3 aliphatic carbocycles. The van der Waals surface area contributed by atoms with Crippen LogP contribution in [0.5, 0.6) is 0 Å². The minimum atomic E-state index is 1.01. The summed E-state index contributed by atoms with van der Waals surface area (Å²) in [5.41, 5.74) is 0. The van der Waals surface area contributed by atoms with Crippen molar-refractivity contribution in [2.45, 2.75) is 102 Å². The number of rotatable bonds is 0. The Balaban J connectivity index is 1.51. The molecule has 7 atom stereocenters. The highest BCUT2D eigenvalue weighted by atomic mass is 15.3. The van der Waals surface area contributed by atoms with Crippen LogP contribution in [0.3, 0.4) is 0 Å². The summed E-state index contributed by atoms with van der Waals surface area (Å²) in [6, 6.07) is 3.04. The average Bonchev–Trinajstić information content (AvgIpc) is 2.54. The molecule has 0 N–H and O–H groups in total. The van der Waals surface area contributed by atoms with Gasteiger partial charge in [0, 0.05) is 18.1 Å². The molecule has 118 valence electrons. The lowest BCUT2D eigenvalue weighted by Gasteiger charge is -2.63. The molecule has 3 saturated carbocycles. The first-order chi connectivity index (χ1) is 10.4. The van der Waals surface area contributed by atoms with Crippen LogP contribution in [0.1, 0.15) is 83.5 Å². The number of fused-ring (bicyclic) bond motifs is 4. The highest BCUT2D eigenvalue weighted by Gasteiger charge is 2.54. The van der Waals surface area contributed by atoms with Crippen LogP contribution >= 0.6 is 0 Å². The van der Waals surface area contributed by atoms with E-state index in [9.17, 15) is 0 Å². The topological polar surface area (TPSA) is 3.24 Å².